The molecule has 7 heteroatoms. The van der Waals surface area contributed by atoms with E-state index in [1.165, 1.54) is 11.8 Å². The largest absolute Gasteiger partial charge is 0.445 e. The number of hydrogen-bond acceptors (Lipinski definition) is 6. The summed E-state index contributed by atoms with van der Waals surface area (Å²) < 4.78 is 5.93. The first-order valence-electron chi connectivity index (χ1n) is 10.5. The SMILES string of the molecule is CC1=CSC(=C2C(=O)CCC3=C2C(c2ccccc2Cl)C(C#N)=C(N)O3)N1c1ccccc1. The van der Waals surface area contributed by atoms with Crippen molar-refractivity contribution < 1.29 is 9.53 Å². The van der Waals surface area contributed by atoms with Crippen LogP contribution in [0, 0.1) is 11.3 Å². The minimum absolute atomic E-state index is 0.0127. The van der Waals surface area contributed by atoms with Crippen LogP contribution in [0.25, 0.3) is 0 Å². The average molecular weight is 474 g/mol. The molecule has 164 valence electrons. The van der Waals surface area contributed by atoms with Crippen molar-refractivity contribution in [3.05, 3.63) is 110 Å². The van der Waals surface area contributed by atoms with Crippen LogP contribution in [0.15, 0.2) is 99.1 Å². The van der Waals surface area contributed by atoms with Gasteiger partial charge in [-0.15, -0.1) is 0 Å². The second-order valence-corrected chi connectivity index (χ2v) is 9.20. The number of benzene rings is 2. The molecule has 5 rings (SSSR count). The quantitative estimate of drug-likeness (QED) is 0.531. The topological polar surface area (TPSA) is 79.3 Å². The zero-order chi connectivity index (χ0) is 23.1. The number of rotatable bonds is 2. The molecule has 0 bridgehead atoms. The Labute approximate surface area is 201 Å². The van der Waals surface area contributed by atoms with Crippen LogP contribution in [0.2, 0.25) is 5.02 Å². The van der Waals surface area contributed by atoms with Gasteiger partial charge >= 0.3 is 0 Å². The summed E-state index contributed by atoms with van der Waals surface area (Å²) in [4.78, 5) is 15.6. The number of hydrogen-bond donors (Lipinski definition) is 1. The Balaban J connectivity index is 1.77. The van der Waals surface area contributed by atoms with Crippen molar-refractivity contribution in [3.8, 4) is 6.07 Å². The standard InChI is InChI=1S/C26H20ClN3O2S/c1-15-14-33-26(30(15)16-7-3-2-4-8-16)23-20(31)11-12-21-24(23)22(18(13-28)25(29)32-21)17-9-5-6-10-19(17)27/h2-10,14,22H,11-12,29H2,1H3. The van der Waals surface area contributed by atoms with Crippen LogP contribution in [-0.4, -0.2) is 5.78 Å². The fourth-order valence-electron chi connectivity index (χ4n) is 4.51. The number of nitrogens with two attached hydrogens (primary N) is 1. The molecular formula is C26H20ClN3O2S. The third-order valence-electron chi connectivity index (χ3n) is 5.97. The molecule has 2 aromatic rings. The van der Waals surface area contributed by atoms with Crippen molar-refractivity contribution in [2.45, 2.75) is 25.7 Å². The van der Waals surface area contributed by atoms with Crippen LogP contribution in [-0.2, 0) is 9.53 Å². The summed E-state index contributed by atoms with van der Waals surface area (Å²) in [6.45, 7) is 2.01. The zero-order valence-corrected chi connectivity index (χ0v) is 19.4. The maximum absolute atomic E-state index is 13.5. The van der Waals surface area contributed by atoms with E-state index in [9.17, 15) is 10.1 Å². The summed E-state index contributed by atoms with van der Waals surface area (Å²) in [5.74, 6) is 0.113. The molecule has 0 saturated carbocycles. The number of Topliss-reactive ketones (excluding diaryl/α,β-unsaturated/α-hetero) is 1. The van der Waals surface area contributed by atoms with Crippen LogP contribution in [0.4, 0.5) is 5.69 Å². The first kappa shape index (κ1) is 21.4. The van der Waals surface area contributed by atoms with Crippen LogP contribution < -0.4 is 10.6 Å². The molecule has 0 saturated heterocycles. The molecule has 2 N–H and O–H groups in total. The van der Waals surface area contributed by atoms with Gasteiger partial charge in [-0.3, -0.25) is 4.79 Å². The number of ether oxygens (including phenoxy) is 1. The molecule has 5 nitrogen and oxygen atoms in total. The van der Waals surface area contributed by atoms with E-state index in [-0.39, 0.29) is 17.2 Å². The molecule has 33 heavy (non-hydrogen) atoms. The van der Waals surface area contributed by atoms with Crippen molar-refractivity contribution in [2.24, 2.45) is 5.73 Å². The minimum atomic E-state index is -0.585. The number of carbonyl (C=O) groups excluding carboxylic acids is 1. The van der Waals surface area contributed by atoms with Crippen LogP contribution >= 0.6 is 23.4 Å². The highest BCUT2D eigenvalue weighted by Crippen LogP contribution is 2.51. The molecule has 0 fully saturated rings. The van der Waals surface area contributed by atoms with E-state index in [4.69, 9.17) is 22.1 Å². The number of para-hydroxylation sites is 1. The Morgan fingerprint density at radius 3 is 2.61 bits per heavy atom. The van der Waals surface area contributed by atoms with Crippen LogP contribution in [0.5, 0.6) is 0 Å². The molecule has 2 aromatic carbocycles. The van der Waals surface area contributed by atoms with Gasteiger partial charge in [0, 0.05) is 34.8 Å². The number of allylic oxidation sites excluding steroid dienone is 5. The number of nitrogens with zero attached hydrogens (tertiary/aromatic N) is 2. The first-order chi connectivity index (χ1) is 16.0. The van der Waals surface area contributed by atoms with E-state index < -0.39 is 5.92 Å². The van der Waals surface area contributed by atoms with Gasteiger partial charge in [-0.05, 0) is 36.1 Å². The van der Waals surface area contributed by atoms with Gasteiger partial charge in [0.2, 0.25) is 5.88 Å². The van der Waals surface area contributed by atoms with Crippen molar-refractivity contribution >= 4 is 34.8 Å². The molecule has 1 atom stereocenters. The van der Waals surface area contributed by atoms with Gasteiger partial charge in [0.05, 0.1) is 16.5 Å². The van der Waals surface area contributed by atoms with Gasteiger partial charge in [-0.1, -0.05) is 59.8 Å². The van der Waals surface area contributed by atoms with Crippen LogP contribution in [0.3, 0.4) is 0 Å². The third kappa shape index (κ3) is 3.54. The maximum atomic E-state index is 13.5. The highest BCUT2D eigenvalue weighted by atomic mass is 35.5. The van der Waals surface area contributed by atoms with E-state index in [2.05, 4.69) is 11.0 Å². The monoisotopic (exact) mass is 473 g/mol. The molecule has 3 aliphatic rings. The summed E-state index contributed by atoms with van der Waals surface area (Å²) in [5.41, 5.74) is 10.4. The number of thioether (sulfide) groups is 1. The second-order valence-electron chi connectivity index (χ2n) is 7.93. The summed E-state index contributed by atoms with van der Waals surface area (Å²) >= 11 is 8.09. The van der Waals surface area contributed by atoms with E-state index in [1.54, 1.807) is 6.07 Å². The smallest absolute Gasteiger partial charge is 0.205 e. The Morgan fingerprint density at radius 1 is 1.15 bits per heavy atom. The van der Waals surface area contributed by atoms with Gasteiger partial charge in [-0.25, -0.2) is 0 Å². The van der Waals surface area contributed by atoms with Gasteiger partial charge in [0.25, 0.3) is 0 Å². The molecule has 0 aromatic heterocycles. The predicted molar refractivity (Wildman–Crippen MR) is 131 cm³/mol. The average Bonchev–Trinajstić information content (AvgIpc) is 3.20. The van der Waals surface area contributed by atoms with Gasteiger partial charge < -0.3 is 15.4 Å². The number of ketones is 1. The Kier molecular flexibility index (Phi) is 5.53. The summed E-state index contributed by atoms with van der Waals surface area (Å²) in [5, 5.41) is 13.3. The molecule has 1 aliphatic carbocycles. The summed E-state index contributed by atoms with van der Waals surface area (Å²) in [7, 11) is 0. The van der Waals surface area contributed by atoms with E-state index in [0.717, 1.165) is 22.0 Å². The van der Waals surface area contributed by atoms with Crippen molar-refractivity contribution in [1.82, 2.24) is 0 Å². The molecule has 0 amide bonds. The lowest BCUT2D eigenvalue weighted by Gasteiger charge is -2.35. The number of anilines is 1. The third-order valence-corrected chi connectivity index (χ3v) is 7.38. The van der Waals surface area contributed by atoms with Crippen molar-refractivity contribution in [2.75, 3.05) is 4.90 Å². The second kappa shape index (κ2) is 8.51. The zero-order valence-electron chi connectivity index (χ0n) is 17.8. The van der Waals surface area contributed by atoms with Gasteiger partial charge in [0.15, 0.2) is 5.78 Å². The molecule has 0 radical (unpaired) electrons. The number of halogens is 1. The molecular weight excluding hydrogens is 454 g/mol. The molecule has 0 spiro atoms. The molecule has 1 unspecified atom stereocenters. The highest BCUT2D eigenvalue weighted by molar-refractivity contribution is 8.06. The minimum Gasteiger partial charge on any atom is -0.445 e. The lowest BCUT2D eigenvalue weighted by molar-refractivity contribution is -0.115. The Bertz CT molecular complexity index is 1330. The molecule has 2 aliphatic heterocycles. The summed E-state index contributed by atoms with van der Waals surface area (Å²) in [6, 6.07) is 19.5. The molecule has 2 heterocycles. The maximum Gasteiger partial charge on any atom is 0.205 e. The van der Waals surface area contributed by atoms with Gasteiger partial charge in [-0.2, -0.15) is 5.26 Å². The Hall–Kier alpha value is -3.40. The van der Waals surface area contributed by atoms with Crippen molar-refractivity contribution in [3.63, 3.8) is 0 Å². The fraction of sp³-hybridized carbons (Fsp3) is 0.154. The lowest BCUT2D eigenvalue weighted by Crippen LogP contribution is -2.30. The normalized spacial score (nSPS) is 22.7. The summed E-state index contributed by atoms with van der Waals surface area (Å²) in [6.07, 6.45) is 0.734. The predicted octanol–water partition coefficient (Wildman–Crippen LogP) is 6.09. The van der Waals surface area contributed by atoms with E-state index >= 15 is 0 Å². The number of carbonyl (C=O) groups is 1. The Morgan fingerprint density at radius 2 is 1.88 bits per heavy atom. The van der Waals surface area contributed by atoms with Crippen molar-refractivity contribution in [1.29, 1.82) is 5.26 Å². The van der Waals surface area contributed by atoms with E-state index in [0.29, 0.717) is 34.8 Å². The lowest BCUT2D eigenvalue weighted by atomic mass is 9.75. The highest BCUT2D eigenvalue weighted by Gasteiger charge is 2.42. The number of nitriles is 1. The first-order valence-corrected chi connectivity index (χ1v) is 11.8. The van der Waals surface area contributed by atoms with Crippen LogP contribution in [0.1, 0.15) is 31.2 Å². The van der Waals surface area contributed by atoms with Gasteiger partial charge in [0.1, 0.15) is 17.4 Å². The van der Waals surface area contributed by atoms with E-state index in [1.807, 2.05) is 60.9 Å². The fourth-order valence-corrected chi connectivity index (χ4v) is 5.84.